The Balaban J connectivity index is -0.0000000836. The molecule has 0 aromatic heterocycles. The van der Waals surface area contributed by atoms with Gasteiger partial charge in [0.2, 0.25) is 0 Å². The van der Waals surface area contributed by atoms with Crippen LogP contribution in [0.15, 0.2) is 30.3 Å². The fourth-order valence-electron chi connectivity index (χ4n) is 0.321. The second kappa shape index (κ2) is 15.8. The van der Waals surface area contributed by atoms with E-state index in [0.29, 0.717) is 0 Å². The maximum absolute atomic E-state index is 3.25. The molecular formula is C6H7Cl2Ti-. The van der Waals surface area contributed by atoms with E-state index in [1.165, 1.54) is 0 Å². The van der Waals surface area contributed by atoms with Crippen molar-refractivity contribution in [3.8, 4) is 0 Å². The molecule has 0 heterocycles. The van der Waals surface area contributed by atoms with Crippen molar-refractivity contribution in [2.75, 3.05) is 0 Å². The van der Waals surface area contributed by atoms with Gasteiger partial charge in [0.15, 0.2) is 0 Å². The molecule has 0 aliphatic carbocycles. The molecule has 0 saturated carbocycles. The standard InChI is InChI=1S/C5H5.CH2.2ClH.Ti/c1-2-4-5-3-1;;;;/h1-5H;1H2;2*1H;/q-1;;;;+2/p-2. The van der Waals surface area contributed by atoms with Crippen molar-refractivity contribution in [1.82, 2.24) is 0 Å². The van der Waals surface area contributed by atoms with Gasteiger partial charge in [-0.25, -0.2) is 12.1 Å². The summed E-state index contributed by atoms with van der Waals surface area (Å²) in [5.41, 5.74) is 0. The van der Waals surface area contributed by atoms with Crippen LogP contribution in [0.4, 0.5) is 0 Å². The van der Waals surface area contributed by atoms with Crippen LogP contribution in [0.5, 0.6) is 0 Å². The molecule has 0 radical (unpaired) electrons. The van der Waals surface area contributed by atoms with Gasteiger partial charge in [-0.1, -0.05) is 0 Å². The Hall–Kier alpha value is 0.514. The molecule has 0 bridgehead atoms. The van der Waals surface area contributed by atoms with Crippen LogP contribution in [0, 0.1) is 0 Å². The van der Waals surface area contributed by atoms with Crippen LogP contribution < -0.4 is 24.8 Å². The average Bonchev–Trinajstić information content (AvgIpc) is 2.23. The predicted molar refractivity (Wildman–Crippen MR) is 29.2 cm³/mol. The molecule has 0 unspecified atom stereocenters. The van der Waals surface area contributed by atoms with Gasteiger partial charge in [0.25, 0.3) is 0 Å². The van der Waals surface area contributed by atoms with E-state index >= 15 is 0 Å². The summed E-state index contributed by atoms with van der Waals surface area (Å²) >= 11 is 1.75. The van der Waals surface area contributed by atoms with E-state index in [9.17, 15) is 0 Å². The largest absolute Gasteiger partial charge is 1.00 e. The molecule has 0 spiro atoms. The van der Waals surface area contributed by atoms with Gasteiger partial charge < -0.3 is 24.8 Å². The van der Waals surface area contributed by atoms with Crippen molar-refractivity contribution in [3.63, 3.8) is 0 Å². The topological polar surface area (TPSA) is 0 Å². The zero-order chi connectivity index (χ0) is 5.54. The molecule has 1 aromatic rings. The molecule has 3 heteroatoms. The fourth-order valence-corrected chi connectivity index (χ4v) is 0.321. The second-order valence-electron chi connectivity index (χ2n) is 0.962. The van der Waals surface area contributed by atoms with Crippen LogP contribution in [0.3, 0.4) is 0 Å². The van der Waals surface area contributed by atoms with Crippen molar-refractivity contribution < 1.29 is 44.8 Å². The first kappa shape index (κ1) is 16.3. The minimum absolute atomic E-state index is 0. The summed E-state index contributed by atoms with van der Waals surface area (Å²) in [4.78, 5) is 3.25. The first-order valence-corrected chi connectivity index (χ1v) is 3.12. The molecule has 0 amide bonds. The number of hydrogen-bond donors (Lipinski definition) is 0. The fraction of sp³-hybridized carbons (Fsp3) is 0. The third-order valence-corrected chi connectivity index (χ3v) is 0.556. The molecule has 0 atom stereocenters. The number of halogens is 2. The first-order chi connectivity index (χ1) is 3.50. The van der Waals surface area contributed by atoms with E-state index in [1.807, 2.05) is 30.3 Å². The van der Waals surface area contributed by atoms with Gasteiger partial charge in [-0.15, -0.1) is 0 Å². The molecule has 0 aliphatic rings. The Morgan fingerprint density at radius 1 is 1.00 bits per heavy atom. The Bertz CT molecular complexity index is 78.0. The summed E-state index contributed by atoms with van der Waals surface area (Å²) < 4.78 is 0. The summed E-state index contributed by atoms with van der Waals surface area (Å²) in [5, 5.41) is 0. The summed E-state index contributed by atoms with van der Waals surface area (Å²) in [6, 6.07) is 10.0. The van der Waals surface area contributed by atoms with Crippen LogP contribution >= 0.6 is 0 Å². The molecule has 0 aliphatic heterocycles. The van der Waals surface area contributed by atoms with Crippen molar-refractivity contribution >= 4 is 4.82 Å². The van der Waals surface area contributed by atoms with Crippen molar-refractivity contribution in [2.45, 2.75) is 0 Å². The quantitative estimate of drug-likeness (QED) is 0.290. The number of hydrogen-bond acceptors (Lipinski definition) is 0. The molecule has 1 rings (SSSR count). The summed E-state index contributed by atoms with van der Waals surface area (Å²) in [5.74, 6) is 0. The van der Waals surface area contributed by atoms with Crippen molar-refractivity contribution in [3.05, 3.63) is 30.3 Å². The van der Waals surface area contributed by atoms with Gasteiger partial charge in [-0.3, -0.25) is 0 Å². The van der Waals surface area contributed by atoms with Crippen LogP contribution in [0.25, 0.3) is 0 Å². The molecule has 0 fully saturated rings. The predicted octanol–water partition coefficient (Wildman–Crippen LogP) is -4.62. The van der Waals surface area contributed by atoms with E-state index in [0.717, 1.165) is 0 Å². The van der Waals surface area contributed by atoms with Crippen LogP contribution in [-0.4, -0.2) is 4.82 Å². The Morgan fingerprint density at radius 3 is 1.44 bits per heavy atom. The van der Waals surface area contributed by atoms with E-state index in [-0.39, 0.29) is 24.8 Å². The molecule has 1 aromatic carbocycles. The Kier molecular flexibility index (Phi) is 28.6. The zero-order valence-corrected chi connectivity index (χ0v) is 7.92. The number of rotatable bonds is 0. The van der Waals surface area contributed by atoms with Crippen molar-refractivity contribution in [2.24, 2.45) is 0 Å². The molecule has 0 saturated heterocycles. The van der Waals surface area contributed by atoms with E-state index in [1.54, 1.807) is 20.0 Å². The molecular weight excluding hydrogens is 191 g/mol. The normalized spacial score (nSPS) is 5.11. The summed E-state index contributed by atoms with van der Waals surface area (Å²) in [6.45, 7) is 0. The monoisotopic (exact) mass is 197 g/mol. The summed E-state index contributed by atoms with van der Waals surface area (Å²) in [6.07, 6.45) is 0. The van der Waals surface area contributed by atoms with Crippen LogP contribution in [-0.2, 0) is 20.0 Å². The van der Waals surface area contributed by atoms with Crippen molar-refractivity contribution in [1.29, 1.82) is 0 Å². The zero-order valence-electron chi connectivity index (χ0n) is 4.85. The molecule has 0 N–H and O–H groups in total. The van der Waals surface area contributed by atoms with Gasteiger partial charge in [0.1, 0.15) is 0 Å². The first-order valence-electron chi connectivity index (χ1n) is 2.02. The molecule has 0 nitrogen and oxygen atoms in total. The van der Waals surface area contributed by atoms with E-state index in [4.69, 9.17) is 0 Å². The Morgan fingerprint density at radius 2 is 1.33 bits per heavy atom. The Labute approximate surface area is 79.7 Å². The summed E-state index contributed by atoms with van der Waals surface area (Å²) in [7, 11) is 0. The van der Waals surface area contributed by atoms with Crippen LogP contribution in [0.1, 0.15) is 0 Å². The van der Waals surface area contributed by atoms with Gasteiger partial charge in [-0.05, 0) is 0 Å². The average molecular weight is 198 g/mol. The van der Waals surface area contributed by atoms with E-state index < -0.39 is 0 Å². The minimum atomic E-state index is 0. The smallest absolute Gasteiger partial charge is 0.172 e. The minimum Gasteiger partial charge on any atom is -1.00 e. The van der Waals surface area contributed by atoms with Gasteiger partial charge >= 0.3 is 24.8 Å². The SMILES string of the molecule is [CH2]=[Ti+2].[Cl-].[Cl-].c1cc[cH-]c1. The second-order valence-corrected chi connectivity index (χ2v) is 0.962. The third kappa shape index (κ3) is 11.9. The van der Waals surface area contributed by atoms with Crippen LogP contribution in [0.2, 0.25) is 0 Å². The van der Waals surface area contributed by atoms with E-state index in [2.05, 4.69) is 4.82 Å². The van der Waals surface area contributed by atoms with Gasteiger partial charge in [-0.2, -0.15) is 18.2 Å². The van der Waals surface area contributed by atoms with Gasteiger partial charge in [0, 0.05) is 0 Å². The molecule has 9 heavy (non-hydrogen) atoms. The maximum Gasteiger partial charge on any atom is -0.172 e. The third-order valence-electron chi connectivity index (χ3n) is 0.556. The molecule has 50 valence electrons. The maximum atomic E-state index is 3.25. The van der Waals surface area contributed by atoms with Gasteiger partial charge in [0.05, 0.1) is 0 Å².